The minimum atomic E-state index is -0.332. The lowest BCUT2D eigenvalue weighted by Crippen LogP contribution is -2.53. The van der Waals surface area contributed by atoms with Gasteiger partial charge in [0.15, 0.2) is 0 Å². The largest absolute Gasteiger partial charge is 0.336 e. The van der Waals surface area contributed by atoms with Gasteiger partial charge in [0, 0.05) is 49.4 Å². The first-order valence-corrected chi connectivity index (χ1v) is 10.8. The van der Waals surface area contributed by atoms with E-state index in [-0.39, 0.29) is 11.7 Å². The molecule has 1 aliphatic carbocycles. The summed E-state index contributed by atoms with van der Waals surface area (Å²) in [7, 11) is 0. The SMILES string of the molecule is Cc1cc(C(=O)N2CCN([C@@H]3CCc4ccccc4C3)CC2)c2ccc(F)cc2n1. The second-order valence-corrected chi connectivity index (χ2v) is 8.47. The van der Waals surface area contributed by atoms with Crippen LogP contribution in [0.25, 0.3) is 10.9 Å². The van der Waals surface area contributed by atoms with Crippen LogP contribution in [0, 0.1) is 12.7 Å². The van der Waals surface area contributed by atoms with E-state index < -0.39 is 0 Å². The monoisotopic (exact) mass is 403 g/mol. The summed E-state index contributed by atoms with van der Waals surface area (Å²) in [6.07, 6.45) is 3.42. The number of amides is 1. The Morgan fingerprint density at radius 1 is 1.03 bits per heavy atom. The Balaban J connectivity index is 1.29. The Bertz CT molecular complexity index is 1100. The predicted molar refractivity (Wildman–Crippen MR) is 116 cm³/mol. The number of benzene rings is 2. The molecule has 5 heteroatoms. The van der Waals surface area contributed by atoms with E-state index in [2.05, 4.69) is 34.1 Å². The maximum atomic E-state index is 13.6. The smallest absolute Gasteiger partial charge is 0.254 e. The molecule has 0 radical (unpaired) electrons. The molecule has 0 bridgehead atoms. The maximum absolute atomic E-state index is 13.6. The molecule has 1 aliphatic heterocycles. The summed E-state index contributed by atoms with van der Waals surface area (Å²) >= 11 is 0. The van der Waals surface area contributed by atoms with Crippen LogP contribution >= 0.6 is 0 Å². The summed E-state index contributed by atoms with van der Waals surface area (Å²) in [6.45, 7) is 5.09. The molecule has 0 unspecified atom stereocenters. The van der Waals surface area contributed by atoms with Gasteiger partial charge in [-0.15, -0.1) is 0 Å². The van der Waals surface area contributed by atoms with Gasteiger partial charge < -0.3 is 4.90 Å². The van der Waals surface area contributed by atoms with Crippen molar-refractivity contribution < 1.29 is 9.18 Å². The van der Waals surface area contributed by atoms with Crippen molar-refractivity contribution in [1.82, 2.24) is 14.8 Å². The van der Waals surface area contributed by atoms with E-state index >= 15 is 0 Å². The molecule has 1 aromatic heterocycles. The number of aryl methyl sites for hydroxylation is 2. The molecule has 1 fully saturated rings. The van der Waals surface area contributed by atoms with E-state index in [0.29, 0.717) is 17.1 Å². The summed E-state index contributed by atoms with van der Waals surface area (Å²) in [5.74, 6) is -0.313. The van der Waals surface area contributed by atoms with Crippen LogP contribution < -0.4 is 0 Å². The highest BCUT2D eigenvalue weighted by Crippen LogP contribution is 2.26. The van der Waals surface area contributed by atoms with Crippen LogP contribution in [0.15, 0.2) is 48.5 Å². The number of halogens is 1. The minimum absolute atomic E-state index is 0.0192. The van der Waals surface area contributed by atoms with E-state index in [1.54, 1.807) is 6.07 Å². The van der Waals surface area contributed by atoms with Crippen LogP contribution in [0.3, 0.4) is 0 Å². The maximum Gasteiger partial charge on any atom is 0.254 e. The highest BCUT2D eigenvalue weighted by atomic mass is 19.1. The van der Waals surface area contributed by atoms with Crippen LogP contribution in [0.5, 0.6) is 0 Å². The van der Waals surface area contributed by atoms with Gasteiger partial charge in [0.05, 0.1) is 11.1 Å². The molecular weight excluding hydrogens is 377 g/mol. The highest BCUT2D eigenvalue weighted by molar-refractivity contribution is 6.06. The first-order valence-electron chi connectivity index (χ1n) is 10.8. The van der Waals surface area contributed by atoms with Crippen molar-refractivity contribution in [1.29, 1.82) is 0 Å². The lowest BCUT2D eigenvalue weighted by Gasteiger charge is -2.41. The van der Waals surface area contributed by atoms with Crippen molar-refractivity contribution in [2.45, 2.75) is 32.2 Å². The van der Waals surface area contributed by atoms with Crippen molar-refractivity contribution in [3.8, 4) is 0 Å². The quantitative estimate of drug-likeness (QED) is 0.649. The Morgan fingerprint density at radius 3 is 2.60 bits per heavy atom. The van der Waals surface area contributed by atoms with E-state index in [4.69, 9.17) is 0 Å². The molecule has 1 atom stereocenters. The minimum Gasteiger partial charge on any atom is -0.336 e. The molecule has 5 rings (SSSR count). The molecule has 0 saturated carbocycles. The average Bonchev–Trinajstić information content (AvgIpc) is 2.77. The molecule has 154 valence electrons. The third-order valence-electron chi connectivity index (χ3n) is 6.57. The van der Waals surface area contributed by atoms with Gasteiger partial charge in [-0.25, -0.2) is 4.39 Å². The van der Waals surface area contributed by atoms with Crippen molar-refractivity contribution in [3.63, 3.8) is 0 Å². The molecule has 4 nitrogen and oxygen atoms in total. The van der Waals surface area contributed by atoms with E-state index in [0.717, 1.165) is 50.1 Å². The van der Waals surface area contributed by atoms with Crippen molar-refractivity contribution in [3.05, 3.63) is 76.7 Å². The molecule has 2 aromatic carbocycles. The summed E-state index contributed by atoms with van der Waals surface area (Å²) < 4.78 is 13.6. The molecule has 3 aromatic rings. The summed E-state index contributed by atoms with van der Waals surface area (Å²) in [4.78, 5) is 22.2. The standard InChI is InChI=1S/C25H26FN3O/c1-17-14-23(22-9-7-20(26)16-24(22)27-17)25(30)29-12-10-28(11-13-29)21-8-6-18-4-2-3-5-19(18)15-21/h2-5,7,9,14,16,21H,6,8,10-13,15H2,1H3/t21-/m1/s1. The van der Waals surface area contributed by atoms with E-state index in [1.807, 2.05) is 17.9 Å². The summed E-state index contributed by atoms with van der Waals surface area (Å²) in [6, 6.07) is 15.6. The van der Waals surface area contributed by atoms with Crippen LogP contribution in [0.4, 0.5) is 4.39 Å². The van der Waals surface area contributed by atoms with E-state index in [1.165, 1.54) is 29.7 Å². The number of hydrogen-bond acceptors (Lipinski definition) is 3. The molecule has 2 aliphatic rings. The predicted octanol–water partition coefficient (Wildman–Crippen LogP) is 4.00. The second kappa shape index (κ2) is 7.80. The molecule has 1 amide bonds. The first kappa shape index (κ1) is 19.2. The fourth-order valence-electron chi connectivity index (χ4n) is 4.96. The summed E-state index contributed by atoms with van der Waals surface area (Å²) in [5.41, 5.74) is 4.85. The zero-order valence-electron chi connectivity index (χ0n) is 17.3. The van der Waals surface area contributed by atoms with Gasteiger partial charge in [-0.1, -0.05) is 24.3 Å². The Morgan fingerprint density at radius 2 is 1.80 bits per heavy atom. The van der Waals surface area contributed by atoms with Gasteiger partial charge in [0.2, 0.25) is 0 Å². The number of hydrogen-bond donors (Lipinski definition) is 0. The molecular formula is C25H26FN3O. The first-order chi connectivity index (χ1) is 14.6. The topological polar surface area (TPSA) is 36.4 Å². The lowest BCUT2D eigenvalue weighted by molar-refractivity contribution is 0.0554. The number of nitrogens with zero attached hydrogens (tertiary/aromatic N) is 3. The van der Waals surface area contributed by atoms with Crippen LogP contribution in [-0.2, 0) is 12.8 Å². The molecule has 30 heavy (non-hydrogen) atoms. The Kier molecular flexibility index (Phi) is 4.99. The van der Waals surface area contributed by atoms with Crippen molar-refractivity contribution in [2.75, 3.05) is 26.2 Å². The van der Waals surface area contributed by atoms with Gasteiger partial charge in [-0.2, -0.15) is 0 Å². The van der Waals surface area contributed by atoms with Gasteiger partial charge in [-0.3, -0.25) is 14.7 Å². The van der Waals surface area contributed by atoms with Gasteiger partial charge in [0.1, 0.15) is 5.82 Å². The number of piperazine rings is 1. The van der Waals surface area contributed by atoms with Gasteiger partial charge >= 0.3 is 0 Å². The highest BCUT2D eigenvalue weighted by Gasteiger charge is 2.29. The number of fused-ring (bicyclic) bond motifs is 2. The summed E-state index contributed by atoms with van der Waals surface area (Å²) in [5, 5.41) is 0.721. The zero-order chi connectivity index (χ0) is 20.7. The van der Waals surface area contributed by atoms with Crippen molar-refractivity contribution >= 4 is 16.8 Å². The van der Waals surface area contributed by atoms with Gasteiger partial charge in [-0.05, 0) is 55.5 Å². The third kappa shape index (κ3) is 3.58. The third-order valence-corrected chi connectivity index (χ3v) is 6.57. The van der Waals surface area contributed by atoms with E-state index in [9.17, 15) is 9.18 Å². The normalized spacial score (nSPS) is 19.7. The molecule has 0 spiro atoms. The number of carbonyl (C=O) groups excluding carboxylic acids is 1. The second-order valence-electron chi connectivity index (χ2n) is 8.47. The van der Waals surface area contributed by atoms with Crippen LogP contribution in [-0.4, -0.2) is 52.9 Å². The zero-order valence-corrected chi connectivity index (χ0v) is 17.3. The van der Waals surface area contributed by atoms with Crippen molar-refractivity contribution in [2.24, 2.45) is 0 Å². The van der Waals surface area contributed by atoms with Crippen LogP contribution in [0.1, 0.15) is 33.6 Å². The molecule has 2 heterocycles. The Hall–Kier alpha value is -2.79. The average molecular weight is 404 g/mol. The number of carbonyl (C=O) groups is 1. The molecule has 0 N–H and O–H groups in total. The lowest BCUT2D eigenvalue weighted by atomic mass is 9.87. The number of pyridine rings is 1. The van der Waals surface area contributed by atoms with Crippen LogP contribution in [0.2, 0.25) is 0 Å². The Labute approximate surface area is 176 Å². The fourth-order valence-corrected chi connectivity index (χ4v) is 4.96. The number of aromatic nitrogens is 1. The van der Waals surface area contributed by atoms with Gasteiger partial charge in [0.25, 0.3) is 5.91 Å². The molecule has 1 saturated heterocycles. The number of rotatable bonds is 2. The fraction of sp³-hybridized carbons (Fsp3) is 0.360.